The van der Waals surface area contributed by atoms with Gasteiger partial charge in [-0.25, -0.2) is 12.8 Å². The van der Waals surface area contributed by atoms with Gasteiger partial charge in [0.25, 0.3) is 0 Å². The van der Waals surface area contributed by atoms with Crippen LogP contribution in [-0.4, -0.2) is 38.0 Å². The molecule has 2 atom stereocenters. The third-order valence-electron chi connectivity index (χ3n) is 4.25. The van der Waals surface area contributed by atoms with Gasteiger partial charge in [0.15, 0.2) is 0 Å². The van der Waals surface area contributed by atoms with Gasteiger partial charge in [-0.15, -0.1) is 0 Å². The predicted molar refractivity (Wildman–Crippen MR) is 95.1 cm³/mol. The normalized spacial score (nSPS) is 22.0. The Hall–Kier alpha value is -1.76. The molecule has 1 aliphatic heterocycles. The van der Waals surface area contributed by atoms with Gasteiger partial charge in [-0.3, -0.25) is 0 Å². The number of morpholine rings is 1. The summed E-state index contributed by atoms with van der Waals surface area (Å²) in [4.78, 5) is 0. The van der Waals surface area contributed by atoms with Gasteiger partial charge in [0.2, 0.25) is 10.0 Å². The molecule has 0 aliphatic carbocycles. The Labute approximate surface area is 148 Å². The Balaban J connectivity index is 1.70. The van der Waals surface area contributed by atoms with Crippen molar-refractivity contribution in [3.63, 3.8) is 0 Å². The number of ether oxygens (including phenoxy) is 1. The Kier molecular flexibility index (Phi) is 5.51. The van der Waals surface area contributed by atoms with E-state index in [0.717, 1.165) is 5.56 Å². The second-order valence-electron chi connectivity index (χ2n) is 6.46. The highest BCUT2D eigenvalue weighted by Gasteiger charge is 2.32. The van der Waals surface area contributed by atoms with Crippen LogP contribution in [0.5, 0.6) is 0 Å². The molecule has 2 aromatic carbocycles. The summed E-state index contributed by atoms with van der Waals surface area (Å²) in [6.45, 7) is 2.56. The summed E-state index contributed by atoms with van der Waals surface area (Å²) < 4.78 is 46.0. The SMILES string of the molecule is CC1CN(S(=O)(=O)Cc2ccc(F)cc2)CC(Cc2ccccc2)O1. The number of hydrogen-bond acceptors (Lipinski definition) is 3. The van der Waals surface area contributed by atoms with Crippen LogP contribution in [0.15, 0.2) is 54.6 Å². The standard InChI is InChI=1S/C19H22FNO3S/c1-15-12-21(13-19(24-15)11-16-5-3-2-4-6-16)25(22,23)14-17-7-9-18(20)10-8-17/h2-10,15,19H,11-14H2,1H3. The van der Waals surface area contributed by atoms with Gasteiger partial charge in [0.1, 0.15) is 5.82 Å². The van der Waals surface area contributed by atoms with Crippen LogP contribution in [0.2, 0.25) is 0 Å². The lowest BCUT2D eigenvalue weighted by molar-refractivity contribution is -0.0529. The lowest BCUT2D eigenvalue weighted by atomic mass is 10.1. The van der Waals surface area contributed by atoms with E-state index in [1.54, 1.807) is 0 Å². The highest BCUT2D eigenvalue weighted by atomic mass is 32.2. The molecule has 1 heterocycles. The molecule has 1 aliphatic rings. The smallest absolute Gasteiger partial charge is 0.218 e. The fourth-order valence-corrected chi connectivity index (χ4v) is 4.73. The van der Waals surface area contributed by atoms with E-state index in [0.29, 0.717) is 25.1 Å². The first kappa shape index (κ1) is 18.0. The van der Waals surface area contributed by atoms with Gasteiger partial charge >= 0.3 is 0 Å². The number of benzene rings is 2. The number of nitrogens with zero attached hydrogens (tertiary/aromatic N) is 1. The van der Waals surface area contributed by atoms with Gasteiger partial charge in [-0.05, 0) is 36.6 Å². The molecule has 0 saturated carbocycles. The Bertz CT molecular complexity index is 793. The summed E-state index contributed by atoms with van der Waals surface area (Å²) in [5.41, 5.74) is 1.71. The maximum absolute atomic E-state index is 13.0. The summed E-state index contributed by atoms with van der Waals surface area (Å²) >= 11 is 0. The quantitative estimate of drug-likeness (QED) is 0.820. The van der Waals surface area contributed by atoms with E-state index in [2.05, 4.69) is 0 Å². The zero-order valence-electron chi connectivity index (χ0n) is 14.1. The first-order chi connectivity index (χ1) is 11.9. The van der Waals surface area contributed by atoms with E-state index in [1.807, 2.05) is 37.3 Å². The molecule has 0 amide bonds. The van der Waals surface area contributed by atoms with Crippen molar-refractivity contribution in [3.05, 3.63) is 71.5 Å². The summed E-state index contributed by atoms with van der Waals surface area (Å²) in [5.74, 6) is -0.498. The molecular weight excluding hydrogens is 341 g/mol. The second-order valence-corrected chi connectivity index (χ2v) is 8.43. The number of sulfonamides is 1. The lowest BCUT2D eigenvalue weighted by Crippen LogP contribution is -2.50. The number of hydrogen-bond donors (Lipinski definition) is 0. The second kappa shape index (κ2) is 7.64. The zero-order valence-corrected chi connectivity index (χ0v) is 15.0. The van der Waals surface area contributed by atoms with Crippen molar-refractivity contribution in [2.24, 2.45) is 0 Å². The highest BCUT2D eigenvalue weighted by molar-refractivity contribution is 7.88. The minimum atomic E-state index is -3.48. The molecule has 3 rings (SSSR count). The monoisotopic (exact) mass is 363 g/mol. The molecule has 2 unspecified atom stereocenters. The van der Waals surface area contributed by atoms with Gasteiger partial charge in [-0.2, -0.15) is 4.31 Å². The molecule has 134 valence electrons. The van der Waals surface area contributed by atoms with Gasteiger partial charge in [0, 0.05) is 13.1 Å². The van der Waals surface area contributed by atoms with Crippen LogP contribution < -0.4 is 0 Å². The van der Waals surface area contributed by atoms with Crippen molar-refractivity contribution in [3.8, 4) is 0 Å². The molecule has 0 spiro atoms. The van der Waals surface area contributed by atoms with E-state index in [-0.39, 0.29) is 23.8 Å². The molecule has 0 radical (unpaired) electrons. The summed E-state index contributed by atoms with van der Waals surface area (Å²) in [6.07, 6.45) is 0.341. The van der Waals surface area contributed by atoms with E-state index in [4.69, 9.17) is 4.74 Å². The van der Waals surface area contributed by atoms with Crippen LogP contribution >= 0.6 is 0 Å². The van der Waals surface area contributed by atoms with Crippen LogP contribution in [0.1, 0.15) is 18.1 Å². The average molecular weight is 363 g/mol. The maximum Gasteiger partial charge on any atom is 0.218 e. The Morgan fingerprint density at radius 1 is 1.04 bits per heavy atom. The van der Waals surface area contributed by atoms with E-state index in [1.165, 1.54) is 28.6 Å². The van der Waals surface area contributed by atoms with Crippen LogP contribution in [0, 0.1) is 5.82 Å². The minimum Gasteiger partial charge on any atom is -0.372 e. The topological polar surface area (TPSA) is 46.6 Å². The molecule has 1 fully saturated rings. The minimum absolute atomic E-state index is 0.127. The number of rotatable bonds is 5. The van der Waals surface area contributed by atoms with Gasteiger partial charge in [0.05, 0.1) is 18.0 Å². The summed E-state index contributed by atoms with van der Waals surface area (Å²) in [6, 6.07) is 15.5. The Morgan fingerprint density at radius 3 is 2.40 bits per heavy atom. The third-order valence-corrected chi connectivity index (χ3v) is 6.04. The Morgan fingerprint density at radius 2 is 1.72 bits per heavy atom. The average Bonchev–Trinajstić information content (AvgIpc) is 2.57. The molecule has 25 heavy (non-hydrogen) atoms. The number of halogens is 1. The van der Waals surface area contributed by atoms with Crippen LogP contribution in [0.4, 0.5) is 4.39 Å². The van der Waals surface area contributed by atoms with E-state index in [9.17, 15) is 12.8 Å². The third kappa shape index (κ3) is 4.87. The zero-order chi connectivity index (χ0) is 17.9. The van der Waals surface area contributed by atoms with Crippen molar-refractivity contribution >= 4 is 10.0 Å². The van der Waals surface area contributed by atoms with Gasteiger partial charge in [-0.1, -0.05) is 42.5 Å². The van der Waals surface area contributed by atoms with Crippen molar-refractivity contribution in [1.29, 1.82) is 0 Å². The van der Waals surface area contributed by atoms with Crippen molar-refractivity contribution < 1.29 is 17.5 Å². The molecule has 0 aromatic heterocycles. The van der Waals surface area contributed by atoms with Crippen molar-refractivity contribution in [2.45, 2.75) is 31.3 Å². The largest absolute Gasteiger partial charge is 0.372 e. The lowest BCUT2D eigenvalue weighted by Gasteiger charge is -2.36. The molecule has 6 heteroatoms. The van der Waals surface area contributed by atoms with E-state index < -0.39 is 10.0 Å². The predicted octanol–water partition coefficient (Wildman–Crippen LogP) is 2.99. The van der Waals surface area contributed by atoms with Crippen LogP contribution in [-0.2, 0) is 26.9 Å². The van der Waals surface area contributed by atoms with E-state index >= 15 is 0 Å². The highest BCUT2D eigenvalue weighted by Crippen LogP contribution is 2.20. The molecule has 4 nitrogen and oxygen atoms in total. The molecule has 0 N–H and O–H groups in total. The molecular formula is C19H22FNO3S. The fourth-order valence-electron chi connectivity index (χ4n) is 3.10. The van der Waals surface area contributed by atoms with Crippen LogP contribution in [0.25, 0.3) is 0 Å². The fraction of sp³-hybridized carbons (Fsp3) is 0.368. The summed E-state index contributed by atoms with van der Waals surface area (Å²) in [5, 5.41) is 0. The first-order valence-corrected chi connectivity index (χ1v) is 9.95. The molecule has 2 aromatic rings. The molecule has 1 saturated heterocycles. The molecule has 0 bridgehead atoms. The van der Waals surface area contributed by atoms with Crippen LogP contribution in [0.3, 0.4) is 0 Å². The first-order valence-electron chi connectivity index (χ1n) is 8.34. The van der Waals surface area contributed by atoms with Gasteiger partial charge < -0.3 is 4.74 Å². The summed E-state index contributed by atoms with van der Waals surface area (Å²) in [7, 11) is -3.48. The van der Waals surface area contributed by atoms with Crippen molar-refractivity contribution in [2.75, 3.05) is 13.1 Å². The van der Waals surface area contributed by atoms with Crippen molar-refractivity contribution in [1.82, 2.24) is 4.31 Å². The maximum atomic E-state index is 13.0.